The molecular weight excluding hydrogens is 342 g/mol. The molecule has 144 valence electrons. The van der Waals surface area contributed by atoms with Crippen LogP contribution in [0.2, 0.25) is 0 Å². The molecule has 27 heavy (non-hydrogen) atoms. The van der Waals surface area contributed by atoms with Gasteiger partial charge in [0.05, 0.1) is 13.2 Å². The van der Waals surface area contributed by atoms with Crippen molar-refractivity contribution in [3.8, 4) is 0 Å². The molecule has 1 aromatic heterocycles. The van der Waals surface area contributed by atoms with Gasteiger partial charge in [-0.2, -0.15) is 0 Å². The van der Waals surface area contributed by atoms with Crippen molar-refractivity contribution >= 4 is 22.6 Å². The molecule has 2 atom stereocenters. The number of aromatic nitrogens is 1. The Balaban J connectivity index is 1.81. The van der Waals surface area contributed by atoms with Crippen molar-refractivity contribution in [1.29, 1.82) is 0 Å². The maximum absolute atomic E-state index is 12.1. The number of ether oxygens (including phenoxy) is 1. The number of carbonyl (C=O) groups excluding carboxylic acids is 1. The second-order valence-corrected chi connectivity index (χ2v) is 7.79. The summed E-state index contributed by atoms with van der Waals surface area (Å²) in [5, 5.41) is 14.0. The predicted molar refractivity (Wildman–Crippen MR) is 104 cm³/mol. The molecule has 0 radical (unpaired) electrons. The third kappa shape index (κ3) is 2.83. The third-order valence-corrected chi connectivity index (χ3v) is 6.60. The van der Waals surface area contributed by atoms with Crippen LogP contribution >= 0.6 is 0 Å². The second-order valence-electron chi connectivity index (χ2n) is 7.79. The van der Waals surface area contributed by atoms with E-state index in [-0.39, 0.29) is 17.2 Å². The highest BCUT2D eigenvalue weighted by Crippen LogP contribution is 2.53. The van der Waals surface area contributed by atoms with Gasteiger partial charge in [-0.1, -0.05) is 30.3 Å². The number of aromatic amines is 1. The Kier molecular flexibility index (Phi) is 4.68. The molecule has 2 aromatic rings. The number of benzene rings is 1. The normalized spacial score (nSPS) is 25.9. The lowest BCUT2D eigenvalue weighted by Gasteiger charge is -2.52. The molecule has 2 aliphatic heterocycles. The number of esters is 1. The van der Waals surface area contributed by atoms with Crippen molar-refractivity contribution in [3.63, 3.8) is 0 Å². The van der Waals surface area contributed by atoms with Crippen molar-refractivity contribution in [3.05, 3.63) is 35.5 Å². The minimum Gasteiger partial charge on any atom is -0.464 e. The molecule has 3 heterocycles. The van der Waals surface area contributed by atoms with Crippen LogP contribution in [-0.4, -0.2) is 47.0 Å². The number of nitrogens with one attached hydrogen (secondary N) is 1. The van der Waals surface area contributed by atoms with Crippen LogP contribution in [0.1, 0.15) is 49.9 Å². The van der Waals surface area contributed by atoms with Gasteiger partial charge in [-0.05, 0) is 49.3 Å². The van der Waals surface area contributed by atoms with Gasteiger partial charge in [0.25, 0.3) is 0 Å². The van der Waals surface area contributed by atoms with Gasteiger partial charge in [0.2, 0.25) is 0 Å². The van der Waals surface area contributed by atoms with E-state index in [0.717, 1.165) is 38.8 Å². The Labute approximate surface area is 159 Å². The maximum Gasteiger partial charge on any atom is 0.355 e. The Bertz CT molecular complexity index is 888. The average Bonchev–Trinajstić information content (AvgIpc) is 3.10. The number of hydrogen-bond acceptors (Lipinski definition) is 5. The molecule has 1 fully saturated rings. The first-order valence-corrected chi connectivity index (χ1v) is 9.76. The molecule has 1 saturated heterocycles. The van der Waals surface area contributed by atoms with Crippen LogP contribution in [0.25, 0.3) is 10.9 Å². The fraction of sp³-hybridized carbons (Fsp3) is 0.524. The summed E-state index contributed by atoms with van der Waals surface area (Å²) in [6, 6.07) is 8.65. The zero-order chi connectivity index (χ0) is 19.0. The SMILES string of the molecule is CC[C@]1(C/C(=N\O)C(=O)OC)CCCN2CCc3c([nH]c4ccccc34)[C@H]21. The summed E-state index contributed by atoms with van der Waals surface area (Å²) in [5.74, 6) is -0.546. The third-order valence-electron chi connectivity index (χ3n) is 6.60. The number of piperidine rings is 1. The highest BCUT2D eigenvalue weighted by molar-refractivity contribution is 6.36. The van der Waals surface area contributed by atoms with Crippen LogP contribution in [0.4, 0.5) is 0 Å². The summed E-state index contributed by atoms with van der Waals surface area (Å²) in [4.78, 5) is 18.3. The van der Waals surface area contributed by atoms with Crippen molar-refractivity contribution in [1.82, 2.24) is 9.88 Å². The summed E-state index contributed by atoms with van der Waals surface area (Å²) < 4.78 is 4.84. The standard InChI is InChI=1S/C21H27N3O3/c1-3-21(13-17(23-26)20(25)27-2)10-6-11-24-12-9-15-14-7-4-5-8-16(14)22-18(15)19(21)24/h4-5,7-8,19,22,26H,3,6,9-13H2,1-2H3/b23-17+/t19-,21+/m0/s1. The van der Waals surface area contributed by atoms with E-state index in [0.29, 0.717) is 6.42 Å². The van der Waals surface area contributed by atoms with Gasteiger partial charge in [0.15, 0.2) is 5.71 Å². The van der Waals surface area contributed by atoms with Crippen LogP contribution in [0, 0.1) is 5.41 Å². The molecule has 6 nitrogen and oxygen atoms in total. The van der Waals surface area contributed by atoms with Crippen LogP contribution in [0.15, 0.2) is 29.4 Å². The van der Waals surface area contributed by atoms with Gasteiger partial charge in [-0.3, -0.25) is 4.90 Å². The number of nitrogens with zero attached hydrogens (tertiary/aromatic N) is 2. The first kappa shape index (κ1) is 18.0. The molecule has 2 N–H and O–H groups in total. The van der Waals surface area contributed by atoms with Gasteiger partial charge in [0.1, 0.15) is 0 Å². The lowest BCUT2D eigenvalue weighted by Crippen LogP contribution is -2.50. The molecule has 4 rings (SSSR count). The average molecular weight is 369 g/mol. The van der Waals surface area contributed by atoms with E-state index in [9.17, 15) is 10.0 Å². The minimum absolute atomic E-state index is 0.115. The molecular formula is C21H27N3O3. The first-order chi connectivity index (χ1) is 13.1. The van der Waals surface area contributed by atoms with E-state index in [4.69, 9.17) is 4.74 Å². The highest BCUT2D eigenvalue weighted by atomic mass is 16.5. The smallest absolute Gasteiger partial charge is 0.355 e. The number of H-pyrrole nitrogens is 1. The van der Waals surface area contributed by atoms with E-state index in [1.54, 1.807) is 0 Å². The zero-order valence-corrected chi connectivity index (χ0v) is 16.0. The van der Waals surface area contributed by atoms with Crippen LogP contribution in [0.3, 0.4) is 0 Å². The van der Waals surface area contributed by atoms with E-state index in [2.05, 4.69) is 46.2 Å². The molecule has 0 aliphatic carbocycles. The first-order valence-electron chi connectivity index (χ1n) is 9.76. The van der Waals surface area contributed by atoms with E-state index < -0.39 is 5.97 Å². The van der Waals surface area contributed by atoms with Crippen molar-refractivity contribution in [2.75, 3.05) is 20.2 Å². The number of methoxy groups -OCH3 is 1. The molecule has 0 saturated carbocycles. The number of carbonyl (C=O) groups is 1. The lowest BCUT2D eigenvalue weighted by molar-refractivity contribution is -0.133. The Hall–Kier alpha value is -2.34. The topological polar surface area (TPSA) is 77.9 Å². The number of hydrogen-bond donors (Lipinski definition) is 2. The largest absolute Gasteiger partial charge is 0.464 e. The van der Waals surface area contributed by atoms with E-state index in [1.807, 2.05) is 0 Å². The van der Waals surface area contributed by atoms with Crippen molar-refractivity contribution in [2.45, 2.75) is 45.1 Å². The molecule has 0 bridgehead atoms. The monoisotopic (exact) mass is 369 g/mol. The van der Waals surface area contributed by atoms with Gasteiger partial charge in [-0.25, -0.2) is 4.79 Å². The van der Waals surface area contributed by atoms with Gasteiger partial charge in [-0.15, -0.1) is 0 Å². The predicted octanol–water partition coefficient (Wildman–Crippen LogP) is 3.65. The number of fused-ring (bicyclic) bond motifs is 5. The number of para-hydroxylation sites is 1. The quantitative estimate of drug-likeness (QED) is 0.373. The Morgan fingerprint density at radius 3 is 2.96 bits per heavy atom. The summed E-state index contributed by atoms with van der Waals surface area (Å²) in [7, 11) is 1.33. The minimum atomic E-state index is -0.546. The number of oxime groups is 1. The van der Waals surface area contributed by atoms with E-state index >= 15 is 0 Å². The van der Waals surface area contributed by atoms with Gasteiger partial charge in [0, 0.05) is 29.6 Å². The van der Waals surface area contributed by atoms with Crippen LogP contribution < -0.4 is 0 Å². The fourth-order valence-corrected chi connectivity index (χ4v) is 5.28. The molecule has 0 spiro atoms. The maximum atomic E-state index is 12.1. The van der Waals surface area contributed by atoms with Gasteiger partial charge >= 0.3 is 5.97 Å². The van der Waals surface area contributed by atoms with Crippen LogP contribution in [0.5, 0.6) is 0 Å². The highest BCUT2D eigenvalue weighted by Gasteiger charge is 2.48. The molecule has 2 aliphatic rings. The lowest BCUT2D eigenvalue weighted by atomic mass is 9.65. The molecule has 0 unspecified atom stereocenters. The summed E-state index contributed by atoms with van der Waals surface area (Å²) in [6.07, 6.45) is 4.44. The molecule has 1 aromatic carbocycles. The zero-order valence-electron chi connectivity index (χ0n) is 16.0. The van der Waals surface area contributed by atoms with Crippen molar-refractivity contribution in [2.24, 2.45) is 10.6 Å². The summed E-state index contributed by atoms with van der Waals surface area (Å²) >= 11 is 0. The van der Waals surface area contributed by atoms with Gasteiger partial charge < -0.3 is 14.9 Å². The Morgan fingerprint density at radius 2 is 2.22 bits per heavy atom. The summed E-state index contributed by atoms with van der Waals surface area (Å²) in [5.41, 5.74) is 3.79. The van der Waals surface area contributed by atoms with Crippen LogP contribution in [-0.2, 0) is 16.0 Å². The molecule has 6 heteroatoms. The Morgan fingerprint density at radius 1 is 1.41 bits per heavy atom. The summed E-state index contributed by atoms with van der Waals surface area (Å²) in [6.45, 7) is 4.25. The fourth-order valence-electron chi connectivity index (χ4n) is 5.28. The number of rotatable bonds is 4. The van der Waals surface area contributed by atoms with Crippen molar-refractivity contribution < 1.29 is 14.7 Å². The van der Waals surface area contributed by atoms with E-state index in [1.165, 1.54) is 29.3 Å². The molecule has 0 amide bonds. The second kappa shape index (κ2) is 7.00.